The fraction of sp³-hybridized carbons (Fsp3) is 0.920. The van der Waals surface area contributed by atoms with E-state index in [0.29, 0.717) is 0 Å². The Morgan fingerprint density at radius 3 is 0.811 bits per heavy atom. The zero-order valence-corrected chi connectivity index (χ0v) is 48.6. The van der Waals surface area contributed by atoms with Crippen molar-refractivity contribution in [2.45, 2.75) is 242 Å². The van der Waals surface area contributed by atoms with Crippen LogP contribution in [-0.4, -0.2) is 382 Å². The Kier molecular flexibility index (Phi) is 26.6. The van der Waals surface area contributed by atoms with E-state index in [2.05, 4.69) is 21.3 Å². The minimum absolute atomic E-state index is 0.755. The van der Waals surface area contributed by atoms with Crippen molar-refractivity contribution in [1.29, 1.82) is 0 Å². The van der Waals surface area contributed by atoms with E-state index in [-0.39, 0.29) is 0 Å². The summed E-state index contributed by atoms with van der Waals surface area (Å²) in [5.41, 5.74) is 0. The van der Waals surface area contributed by atoms with Crippen molar-refractivity contribution in [3.8, 4) is 0 Å². The highest BCUT2D eigenvalue weighted by atomic mass is 16.8. The van der Waals surface area contributed by atoms with Gasteiger partial charge in [-0.05, 0) is 0 Å². The molecule has 7 aliphatic heterocycles. The lowest BCUT2D eigenvalue weighted by Crippen LogP contribution is -2.71. The summed E-state index contributed by atoms with van der Waals surface area (Å²) in [5.74, 6) is -3.31. The zero-order chi connectivity index (χ0) is 66.5. The summed E-state index contributed by atoms with van der Waals surface area (Å²) in [6.45, 7) is -3.04. The summed E-state index contributed by atoms with van der Waals surface area (Å²) >= 11 is 0. The van der Waals surface area contributed by atoms with Crippen molar-refractivity contribution in [2.75, 3.05) is 46.2 Å². The van der Waals surface area contributed by atoms with Crippen molar-refractivity contribution < 1.29 is 178 Å². The number of amides is 4. The van der Waals surface area contributed by atoms with E-state index >= 15 is 0 Å². The average Bonchev–Trinajstić information content (AvgIpc) is 0.991. The molecular formula is C50H84N4O36. The van der Waals surface area contributed by atoms with Crippen LogP contribution in [0, 0.1) is 0 Å². The van der Waals surface area contributed by atoms with Crippen LogP contribution in [0.4, 0.5) is 0 Å². The smallest absolute Gasteiger partial charge is 0.217 e. The summed E-state index contributed by atoms with van der Waals surface area (Å²) in [6.07, 6.45) is -60.1. The van der Waals surface area contributed by atoms with Gasteiger partial charge < -0.3 is 180 Å². The molecule has 35 atom stereocenters. The van der Waals surface area contributed by atoms with Crippen LogP contribution in [0.15, 0.2) is 0 Å². The molecule has 4 amide bonds. The van der Waals surface area contributed by atoms with E-state index < -0.39 is 285 Å². The van der Waals surface area contributed by atoms with Gasteiger partial charge in [0, 0.05) is 27.7 Å². The Balaban J connectivity index is 1.09. The Hall–Kier alpha value is -3.40. The molecule has 40 nitrogen and oxygen atoms in total. The standard InChI is InChI=1S/C50H84N4O36/c1-12(62)51-23-32(71)27(66)16(5-55)79-45(23)88-41-29(68)18(7-57)80-48(35(41)74)85-38-21(10-60)83-46(24(33(38)72)52-13(2)63)89-42-30(69)19(8-58)81-49(36(42)75)86-39-22(11-61)84-47(25(34(39)73)53-14(3)64)90-43-31(70)20(9-59)82-50(37(43)76)87-40-26(54-15(4)65)44(77)78-17(6-56)28(40)67/h16-50,55-61,66-77H,5-11H2,1-4H3,(H,51,62)(H,52,63)(H,53,64)(H,54,65)/t16-,17-,18-,19-,20-,21-,22-,23-,24-,25-,26-,27-,28+,29+,30+,31+,32-,33-,34-,35-,36-,37-,38-,39-,40-,41+,42+,43+,44+,45+,46+,47+,48+,49+,50+/m1/s1. The van der Waals surface area contributed by atoms with Gasteiger partial charge in [-0.3, -0.25) is 19.2 Å². The van der Waals surface area contributed by atoms with Gasteiger partial charge in [-0.2, -0.15) is 0 Å². The third kappa shape index (κ3) is 16.3. The molecule has 0 aliphatic carbocycles. The Labute approximate surface area is 510 Å². The Morgan fingerprint density at radius 2 is 0.500 bits per heavy atom. The molecular weight excluding hydrogens is 1230 g/mol. The number of aliphatic hydroxyl groups is 19. The molecule has 0 aromatic heterocycles. The molecule has 0 aromatic carbocycles. The average molecular weight is 1320 g/mol. The largest absolute Gasteiger partial charge is 0.394 e. The highest BCUT2D eigenvalue weighted by Crippen LogP contribution is 2.38. The van der Waals surface area contributed by atoms with Crippen molar-refractivity contribution in [3.63, 3.8) is 0 Å². The molecule has 90 heavy (non-hydrogen) atoms. The maximum Gasteiger partial charge on any atom is 0.217 e. The van der Waals surface area contributed by atoms with Gasteiger partial charge in [0.1, 0.15) is 171 Å². The fourth-order valence-corrected chi connectivity index (χ4v) is 11.6. The minimum atomic E-state index is -2.30. The minimum Gasteiger partial charge on any atom is -0.394 e. The van der Waals surface area contributed by atoms with Crippen LogP contribution in [0.1, 0.15) is 27.7 Å². The van der Waals surface area contributed by atoms with Crippen molar-refractivity contribution in [1.82, 2.24) is 21.3 Å². The maximum atomic E-state index is 12.8. The summed E-state index contributed by atoms with van der Waals surface area (Å²) < 4.78 is 75.2. The number of nitrogens with one attached hydrogen (secondary N) is 4. The fourth-order valence-electron chi connectivity index (χ4n) is 11.6. The lowest BCUT2D eigenvalue weighted by molar-refractivity contribution is -0.387. The first-order valence-electron chi connectivity index (χ1n) is 28.6. The van der Waals surface area contributed by atoms with Crippen molar-refractivity contribution in [2.24, 2.45) is 0 Å². The van der Waals surface area contributed by atoms with Gasteiger partial charge in [0.25, 0.3) is 0 Å². The first-order chi connectivity index (χ1) is 42.6. The van der Waals surface area contributed by atoms with Gasteiger partial charge in [-0.15, -0.1) is 0 Å². The van der Waals surface area contributed by atoms with E-state index in [9.17, 15) is 116 Å². The normalized spacial score (nSPS) is 47.6. The second-order valence-electron chi connectivity index (χ2n) is 22.5. The van der Waals surface area contributed by atoms with Crippen LogP contribution < -0.4 is 21.3 Å². The monoisotopic (exact) mass is 1320 g/mol. The number of carbonyl (C=O) groups is 4. The predicted molar refractivity (Wildman–Crippen MR) is 278 cm³/mol. The van der Waals surface area contributed by atoms with E-state index in [1.807, 2.05) is 0 Å². The van der Waals surface area contributed by atoms with E-state index in [0.717, 1.165) is 27.7 Å². The lowest BCUT2D eigenvalue weighted by Gasteiger charge is -2.51. The SMILES string of the molecule is CC(=O)N[C@@H]1[C@@H](O[C@@H]2O[C@H](CO)[C@H](O)[C@H](O[C@@H]3O[C@H](CO)[C@@H](O[C@@H]4O[C@H](CO)[C@H](O)[C@H](O[C@@H]5O[C@H](CO)[C@@H](O[C@@H]6O[C@H](CO)[C@H](O)[C@H](O[C@@H]7O[C@H](CO)[C@@H](O)[C@H](O)[C@H]7NC(C)=O)[C@H]6O)[C@H](O)[C@H]5NC(C)=O)[C@H]4O)[C@H](O)[C@H]3NC(C)=O)[C@H]2O)[C@@H](O)[C@@H](CO)O[C@@H]1O. The lowest BCUT2D eigenvalue weighted by atomic mass is 9.93. The molecule has 7 heterocycles. The molecule has 0 radical (unpaired) electrons. The molecule has 7 rings (SSSR count). The van der Waals surface area contributed by atoms with Gasteiger partial charge in [0.2, 0.25) is 23.6 Å². The molecule has 520 valence electrons. The number of carbonyl (C=O) groups excluding carboxylic acids is 4. The third-order valence-corrected chi connectivity index (χ3v) is 16.2. The van der Waals surface area contributed by atoms with Crippen LogP contribution in [0.3, 0.4) is 0 Å². The van der Waals surface area contributed by atoms with Gasteiger partial charge in [0.15, 0.2) is 44.0 Å². The molecule has 0 spiro atoms. The topological polar surface area (TPSA) is 621 Å². The first-order valence-corrected chi connectivity index (χ1v) is 28.6. The summed E-state index contributed by atoms with van der Waals surface area (Å²) in [5, 5.41) is 218. The van der Waals surface area contributed by atoms with Crippen LogP contribution in [0.25, 0.3) is 0 Å². The molecule has 7 fully saturated rings. The molecule has 7 saturated heterocycles. The summed E-state index contributed by atoms with van der Waals surface area (Å²) in [7, 11) is 0. The first kappa shape index (κ1) is 74.0. The number of rotatable bonds is 23. The van der Waals surface area contributed by atoms with Crippen LogP contribution in [0.5, 0.6) is 0 Å². The molecule has 40 heteroatoms. The Morgan fingerprint density at radius 1 is 0.267 bits per heavy atom. The second-order valence-corrected chi connectivity index (χ2v) is 22.5. The molecule has 7 aliphatic rings. The Bertz CT molecular complexity index is 2310. The van der Waals surface area contributed by atoms with Crippen LogP contribution in [-0.2, 0) is 80.8 Å². The number of hydrogen-bond donors (Lipinski definition) is 23. The van der Waals surface area contributed by atoms with Crippen molar-refractivity contribution in [3.05, 3.63) is 0 Å². The molecule has 0 bridgehead atoms. The molecule has 0 unspecified atom stereocenters. The quantitative estimate of drug-likeness (QED) is 0.0452. The molecule has 0 saturated carbocycles. The summed E-state index contributed by atoms with van der Waals surface area (Å²) in [4.78, 5) is 49.7. The van der Waals surface area contributed by atoms with Gasteiger partial charge in [-0.1, -0.05) is 0 Å². The van der Waals surface area contributed by atoms with E-state index in [1.54, 1.807) is 0 Å². The number of ether oxygens (including phenoxy) is 13. The molecule has 23 N–H and O–H groups in total. The van der Waals surface area contributed by atoms with Crippen LogP contribution in [0.2, 0.25) is 0 Å². The van der Waals surface area contributed by atoms with Gasteiger partial charge >= 0.3 is 0 Å². The summed E-state index contributed by atoms with van der Waals surface area (Å²) in [6, 6.07) is -6.90. The number of hydrogen-bond acceptors (Lipinski definition) is 36. The second kappa shape index (κ2) is 32.4. The maximum absolute atomic E-state index is 12.8. The predicted octanol–water partition coefficient (Wildman–Crippen LogP) is -15.7. The highest BCUT2D eigenvalue weighted by molar-refractivity contribution is 5.74. The molecule has 0 aromatic rings. The van der Waals surface area contributed by atoms with Crippen LogP contribution >= 0.6 is 0 Å². The van der Waals surface area contributed by atoms with Crippen molar-refractivity contribution >= 4 is 23.6 Å². The zero-order valence-electron chi connectivity index (χ0n) is 48.6. The highest BCUT2D eigenvalue weighted by Gasteiger charge is 2.59. The van der Waals surface area contributed by atoms with Gasteiger partial charge in [0.05, 0.1) is 46.2 Å². The van der Waals surface area contributed by atoms with E-state index in [4.69, 9.17) is 61.6 Å². The van der Waals surface area contributed by atoms with Gasteiger partial charge in [-0.25, -0.2) is 0 Å². The van der Waals surface area contributed by atoms with E-state index in [1.165, 1.54) is 0 Å². The third-order valence-electron chi connectivity index (χ3n) is 16.2. The number of aliphatic hydroxyl groups excluding tert-OH is 19.